The molecule has 0 spiro atoms. The Bertz CT molecular complexity index is 392. The number of rotatable bonds is 6. The Morgan fingerprint density at radius 3 is 2.67 bits per heavy atom. The van der Waals surface area contributed by atoms with Gasteiger partial charge in [-0.3, -0.25) is 0 Å². The molecule has 1 saturated heterocycles. The summed E-state index contributed by atoms with van der Waals surface area (Å²) in [5.41, 5.74) is 2.35. The van der Waals surface area contributed by atoms with Crippen LogP contribution in [0.5, 0.6) is 0 Å². The summed E-state index contributed by atoms with van der Waals surface area (Å²) >= 11 is 0. The molecule has 21 heavy (non-hydrogen) atoms. The monoisotopic (exact) mass is 294 g/mol. The largest absolute Gasteiger partial charge is 0.388 e. The van der Waals surface area contributed by atoms with Crippen molar-refractivity contribution in [2.24, 2.45) is 0 Å². The summed E-state index contributed by atoms with van der Waals surface area (Å²) in [6, 6.07) is 8.13. The minimum atomic E-state index is -0.495. The molecule has 0 bridgehead atoms. The fourth-order valence-corrected chi connectivity index (χ4v) is 2.43. The first-order valence-electron chi connectivity index (χ1n) is 8.20. The Morgan fingerprint density at radius 2 is 2.00 bits per heavy atom. The minimum Gasteiger partial charge on any atom is -0.388 e. The number of aryl methyl sites for hydroxylation is 1. The van der Waals surface area contributed by atoms with E-state index in [2.05, 4.69) is 19.9 Å². The number of aliphatic hydroxyl groups is 1. The third-order valence-corrected chi connectivity index (χ3v) is 3.69. The van der Waals surface area contributed by atoms with Gasteiger partial charge < -0.3 is 14.6 Å². The van der Waals surface area contributed by atoms with Crippen LogP contribution in [-0.2, 0) is 16.1 Å². The van der Waals surface area contributed by atoms with Gasteiger partial charge in [0.25, 0.3) is 0 Å². The fourth-order valence-electron chi connectivity index (χ4n) is 2.43. The zero-order chi connectivity index (χ0) is 15.7. The maximum Gasteiger partial charge on any atom is 0.184 e. The number of ether oxygens (including phenoxy) is 2. The van der Waals surface area contributed by atoms with Gasteiger partial charge in [-0.2, -0.15) is 0 Å². The van der Waals surface area contributed by atoms with Crippen LogP contribution < -0.4 is 0 Å². The Morgan fingerprint density at radius 1 is 1.29 bits per heavy atom. The lowest BCUT2D eigenvalue weighted by atomic mass is 10.1. The van der Waals surface area contributed by atoms with Crippen molar-refractivity contribution in [1.82, 2.24) is 0 Å². The number of hydrogen-bond acceptors (Lipinski definition) is 3. The first kappa shape index (κ1) is 18.1. The maximum absolute atomic E-state index is 9.96. The fraction of sp³-hybridized carbons (Fsp3) is 0.667. The molecule has 0 saturated carbocycles. The Labute approximate surface area is 129 Å². The van der Waals surface area contributed by atoms with E-state index in [-0.39, 0.29) is 6.10 Å². The van der Waals surface area contributed by atoms with Gasteiger partial charge in [0, 0.05) is 6.42 Å². The normalized spacial score (nSPS) is 24.5. The van der Waals surface area contributed by atoms with E-state index in [0.717, 1.165) is 24.8 Å². The maximum atomic E-state index is 9.96. The smallest absolute Gasteiger partial charge is 0.184 e. The first-order chi connectivity index (χ1) is 10.2. The zero-order valence-electron chi connectivity index (χ0n) is 13.8. The van der Waals surface area contributed by atoms with Gasteiger partial charge >= 0.3 is 0 Å². The molecule has 1 N–H and O–H groups in total. The van der Waals surface area contributed by atoms with Gasteiger partial charge in [0.1, 0.15) is 6.10 Å². The van der Waals surface area contributed by atoms with E-state index in [1.54, 1.807) is 0 Å². The number of unbranched alkanes of at least 4 members (excludes halogenated alkanes) is 1. The van der Waals surface area contributed by atoms with E-state index < -0.39 is 12.4 Å². The molecule has 0 radical (unpaired) electrons. The zero-order valence-corrected chi connectivity index (χ0v) is 13.8. The van der Waals surface area contributed by atoms with E-state index in [0.29, 0.717) is 13.0 Å². The van der Waals surface area contributed by atoms with Crippen molar-refractivity contribution in [3.63, 3.8) is 0 Å². The van der Waals surface area contributed by atoms with E-state index >= 15 is 0 Å². The van der Waals surface area contributed by atoms with Crippen LogP contribution in [-0.4, -0.2) is 23.6 Å². The average molecular weight is 294 g/mol. The van der Waals surface area contributed by atoms with Gasteiger partial charge in [-0.15, -0.1) is 0 Å². The third-order valence-electron chi connectivity index (χ3n) is 3.69. The van der Waals surface area contributed by atoms with Crippen LogP contribution in [0.25, 0.3) is 0 Å². The first-order valence-corrected chi connectivity index (χ1v) is 8.20. The lowest BCUT2D eigenvalue weighted by Gasteiger charge is -2.16. The van der Waals surface area contributed by atoms with Crippen molar-refractivity contribution in [1.29, 1.82) is 0 Å². The molecule has 1 heterocycles. The standard InChI is InChI=1S/C16H24O3.C2H6/c1-3-4-9-14-10-15(17)16(19-14)18-11-13-8-6-5-7-12(13)2;1-2/h5-8,14-17H,3-4,9-11H2,1-2H3;1-2H3. The number of hydrogen-bond donors (Lipinski definition) is 1. The Kier molecular flexibility index (Phi) is 8.58. The average Bonchev–Trinajstić information content (AvgIpc) is 2.86. The molecule has 3 unspecified atom stereocenters. The molecule has 3 nitrogen and oxygen atoms in total. The van der Waals surface area contributed by atoms with Crippen molar-refractivity contribution < 1.29 is 14.6 Å². The highest BCUT2D eigenvalue weighted by Gasteiger charge is 2.34. The second kappa shape index (κ2) is 9.93. The molecule has 1 aliphatic heterocycles. The topological polar surface area (TPSA) is 38.7 Å². The van der Waals surface area contributed by atoms with Crippen LogP contribution in [0.15, 0.2) is 24.3 Å². The molecular formula is C18H30O3. The molecule has 1 aromatic carbocycles. The molecule has 0 aliphatic carbocycles. The number of benzene rings is 1. The summed E-state index contributed by atoms with van der Waals surface area (Å²) in [5, 5.41) is 9.96. The SMILES string of the molecule is CC.CCCCC1CC(O)C(OCc2ccccc2C)O1. The van der Waals surface area contributed by atoms with Gasteiger partial charge in [0.2, 0.25) is 0 Å². The predicted octanol–water partition coefficient (Wildman–Crippen LogP) is 4.20. The van der Waals surface area contributed by atoms with Crippen molar-refractivity contribution in [2.75, 3.05) is 0 Å². The van der Waals surface area contributed by atoms with Crippen molar-refractivity contribution in [3.05, 3.63) is 35.4 Å². The molecule has 3 atom stereocenters. The third kappa shape index (κ3) is 5.77. The van der Waals surface area contributed by atoms with Crippen molar-refractivity contribution >= 4 is 0 Å². The van der Waals surface area contributed by atoms with E-state index in [9.17, 15) is 5.11 Å². The summed E-state index contributed by atoms with van der Waals surface area (Å²) in [4.78, 5) is 0. The second-order valence-electron chi connectivity index (χ2n) is 5.31. The summed E-state index contributed by atoms with van der Waals surface area (Å²) in [7, 11) is 0. The second-order valence-corrected chi connectivity index (χ2v) is 5.31. The highest BCUT2D eigenvalue weighted by molar-refractivity contribution is 5.24. The van der Waals surface area contributed by atoms with Crippen LogP contribution >= 0.6 is 0 Å². The molecule has 0 aromatic heterocycles. The molecule has 1 aromatic rings. The van der Waals surface area contributed by atoms with E-state index in [4.69, 9.17) is 9.47 Å². The van der Waals surface area contributed by atoms with Crippen LogP contribution in [0.2, 0.25) is 0 Å². The van der Waals surface area contributed by atoms with E-state index in [1.807, 2.05) is 32.0 Å². The lowest BCUT2D eigenvalue weighted by molar-refractivity contribution is -0.172. The Hall–Kier alpha value is -0.900. The highest BCUT2D eigenvalue weighted by Crippen LogP contribution is 2.26. The quantitative estimate of drug-likeness (QED) is 0.854. The van der Waals surface area contributed by atoms with Gasteiger partial charge in [0.05, 0.1) is 12.7 Å². The lowest BCUT2D eigenvalue weighted by Crippen LogP contribution is -2.24. The van der Waals surface area contributed by atoms with Gasteiger partial charge in [0.15, 0.2) is 6.29 Å². The van der Waals surface area contributed by atoms with Gasteiger partial charge in [-0.25, -0.2) is 0 Å². The molecule has 1 aliphatic rings. The molecular weight excluding hydrogens is 264 g/mol. The summed E-state index contributed by atoms with van der Waals surface area (Å²) in [6.45, 7) is 8.72. The van der Waals surface area contributed by atoms with Crippen molar-refractivity contribution in [2.45, 2.75) is 78.5 Å². The molecule has 1 fully saturated rings. The number of aliphatic hydroxyl groups excluding tert-OH is 1. The summed E-state index contributed by atoms with van der Waals surface area (Å²) < 4.78 is 11.5. The summed E-state index contributed by atoms with van der Waals surface area (Å²) in [6.07, 6.45) is 3.19. The molecule has 3 heteroatoms. The van der Waals surface area contributed by atoms with Crippen LogP contribution in [0.3, 0.4) is 0 Å². The minimum absolute atomic E-state index is 0.150. The Balaban J connectivity index is 0.00000106. The van der Waals surface area contributed by atoms with Crippen LogP contribution in [0.1, 0.15) is 57.6 Å². The van der Waals surface area contributed by atoms with Gasteiger partial charge in [-0.1, -0.05) is 57.9 Å². The molecule has 2 rings (SSSR count). The summed E-state index contributed by atoms with van der Waals surface area (Å²) in [5.74, 6) is 0. The highest BCUT2D eigenvalue weighted by atomic mass is 16.7. The molecule has 0 amide bonds. The molecule has 120 valence electrons. The van der Waals surface area contributed by atoms with Crippen LogP contribution in [0, 0.1) is 6.92 Å². The predicted molar refractivity (Wildman–Crippen MR) is 86.1 cm³/mol. The van der Waals surface area contributed by atoms with Crippen LogP contribution in [0.4, 0.5) is 0 Å². The van der Waals surface area contributed by atoms with E-state index in [1.165, 1.54) is 5.56 Å². The van der Waals surface area contributed by atoms with Crippen molar-refractivity contribution in [3.8, 4) is 0 Å². The van der Waals surface area contributed by atoms with Gasteiger partial charge in [-0.05, 0) is 24.5 Å².